The molecule has 0 aliphatic heterocycles. The zero-order valence-corrected chi connectivity index (χ0v) is 21.5. The molecule has 0 unspecified atom stereocenters. The molecule has 0 spiro atoms. The minimum Gasteiger partial charge on any atom is -0.497 e. The van der Waals surface area contributed by atoms with Gasteiger partial charge in [0.1, 0.15) is 22.8 Å². The highest BCUT2D eigenvalue weighted by Gasteiger charge is 2.20. The fourth-order valence-corrected chi connectivity index (χ4v) is 3.80. The number of aryl methyl sites for hydroxylation is 1. The smallest absolute Gasteiger partial charge is 0.497 e. The molecule has 0 bridgehead atoms. The van der Waals surface area contributed by atoms with E-state index in [1.165, 1.54) is 0 Å². The first kappa shape index (κ1) is 28.2. The van der Waals surface area contributed by atoms with Crippen molar-refractivity contribution in [2.45, 2.75) is 6.92 Å². The molecule has 10 heteroatoms. The van der Waals surface area contributed by atoms with E-state index in [0.717, 1.165) is 44.7 Å². The summed E-state index contributed by atoms with van der Waals surface area (Å²) in [4.78, 5) is 15.8. The number of ether oxygens (including phenoxy) is 2. The Hall–Kier alpha value is -4.86. The van der Waals surface area contributed by atoms with E-state index in [9.17, 15) is 22.1 Å². The zero-order chi connectivity index (χ0) is 28.7. The number of hydrogen-bond donors (Lipinski definition) is 1. The van der Waals surface area contributed by atoms with Crippen LogP contribution in [0.2, 0.25) is 0 Å². The molecule has 0 aliphatic rings. The third kappa shape index (κ3) is 7.83. The largest absolute Gasteiger partial charge is 0.673 e. The molecule has 0 atom stereocenters. The quantitative estimate of drug-likeness (QED) is 0.122. The van der Waals surface area contributed by atoms with Crippen LogP contribution in [0.25, 0.3) is 22.3 Å². The molecule has 0 aliphatic carbocycles. The van der Waals surface area contributed by atoms with Gasteiger partial charge in [0.2, 0.25) is 11.0 Å². The Kier molecular flexibility index (Phi) is 8.68. The van der Waals surface area contributed by atoms with E-state index in [1.807, 2.05) is 72.8 Å². The monoisotopic (exact) mass is 549 g/mol. The minimum atomic E-state index is -6.00. The van der Waals surface area contributed by atoms with Crippen LogP contribution in [-0.4, -0.2) is 20.3 Å². The Balaban J connectivity index is 0.000000681. The average Bonchev–Trinajstić information content (AvgIpc) is 2.94. The van der Waals surface area contributed by atoms with E-state index < -0.39 is 7.25 Å². The van der Waals surface area contributed by atoms with Crippen molar-refractivity contribution in [1.82, 2.24) is 0 Å². The van der Waals surface area contributed by atoms with Crippen molar-refractivity contribution >= 4 is 29.9 Å². The van der Waals surface area contributed by atoms with Gasteiger partial charge in [-0.25, -0.2) is 9.79 Å². The molecule has 0 radical (unpaired) electrons. The maximum atomic E-state index is 12.3. The summed E-state index contributed by atoms with van der Waals surface area (Å²) in [6.07, 6.45) is 0. The van der Waals surface area contributed by atoms with Gasteiger partial charge >= 0.3 is 13.2 Å². The molecule has 5 rings (SSSR count). The predicted octanol–water partition coefficient (Wildman–Crippen LogP) is 6.25. The van der Waals surface area contributed by atoms with E-state index in [1.54, 1.807) is 31.4 Å². The summed E-state index contributed by atoms with van der Waals surface area (Å²) in [5.74, 6) is 1.62. The molecular weight excluding hydrogens is 525 g/mol. The van der Waals surface area contributed by atoms with Crippen molar-refractivity contribution in [2.75, 3.05) is 7.11 Å². The summed E-state index contributed by atoms with van der Waals surface area (Å²) >= 11 is 0. The van der Waals surface area contributed by atoms with Gasteiger partial charge in [-0.3, -0.25) is 0 Å². The lowest BCUT2D eigenvalue weighted by Gasteiger charge is -2.05. The summed E-state index contributed by atoms with van der Waals surface area (Å²) in [5, 5.41) is 1.89. The molecule has 0 amide bonds. The Bertz CT molecular complexity index is 1660. The van der Waals surface area contributed by atoms with Gasteiger partial charge in [-0.2, -0.15) is 0 Å². The van der Waals surface area contributed by atoms with Crippen LogP contribution in [0.5, 0.6) is 11.5 Å². The highest BCUT2D eigenvalue weighted by atomic mass is 19.5. The molecule has 1 N–H and O–H groups in total. The second kappa shape index (κ2) is 12.3. The highest BCUT2D eigenvalue weighted by Crippen LogP contribution is 2.24. The molecule has 0 saturated carbocycles. The zero-order valence-electron chi connectivity index (χ0n) is 21.5. The number of nitrogens with one attached hydrogen (secondary N) is 1. The molecule has 4 aromatic carbocycles. The first-order chi connectivity index (χ1) is 19.1. The fourth-order valence-electron chi connectivity index (χ4n) is 3.80. The van der Waals surface area contributed by atoms with Crippen molar-refractivity contribution in [3.63, 3.8) is 0 Å². The number of hydrogen-bond acceptors (Lipinski definition) is 4. The van der Waals surface area contributed by atoms with Gasteiger partial charge in [-0.1, -0.05) is 29.8 Å². The number of halogens is 4. The van der Waals surface area contributed by atoms with Crippen LogP contribution >= 0.6 is 0 Å². The van der Waals surface area contributed by atoms with Crippen LogP contribution < -0.4 is 19.8 Å². The van der Waals surface area contributed by atoms with Crippen molar-refractivity contribution in [1.29, 1.82) is 0 Å². The lowest BCUT2D eigenvalue weighted by Crippen LogP contribution is -2.70. The summed E-state index contributed by atoms with van der Waals surface area (Å²) in [5.41, 5.74) is 4.23. The van der Waals surface area contributed by atoms with E-state index in [2.05, 4.69) is 18.0 Å². The molecule has 5 aromatic rings. The standard InChI is InChI=1S/C30H23NO4.BF4/c1-20-8-17-28-26(18-20)27(19-29(35-28)21-9-13-24(33-2)14-10-21)31-23-11-15-25(16-12-23)34-30(32)22-6-4-3-5-7-22;2-1(3,4)5/h3-19H,1-2H3;/q;-1/p+1. The van der Waals surface area contributed by atoms with Crippen LogP contribution in [0.3, 0.4) is 0 Å². The fraction of sp³-hybridized carbons (Fsp3) is 0.0667. The molecule has 204 valence electrons. The van der Waals surface area contributed by atoms with Gasteiger partial charge in [-0.15, -0.1) is 0 Å². The maximum Gasteiger partial charge on any atom is 0.673 e. The second-order valence-electron chi connectivity index (χ2n) is 8.65. The van der Waals surface area contributed by atoms with Crippen molar-refractivity contribution < 1.29 is 40.9 Å². The number of benzene rings is 4. The second-order valence-corrected chi connectivity index (χ2v) is 8.65. The van der Waals surface area contributed by atoms with Gasteiger partial charge in [0, 0.05) is 17.7 Å². The normalized spacial score (nSPS) is 11.5. The molecular formula is C30H24BF4NO4. The SMILES string of the molecule is COc1ccc(-c2cc(=[NH+]c3ccc(OC(=O)c4ccccc4)cc3)c3cc(C)ccc3o2)cc1.F[B-](F)(F)F. The van der Waals surface area contributed by atoms with Crippen molar-refractivity contribution in [2.24, 2.45) is 0 Å². The lowest BCUT2D eigenvalue weighted by molar-refractivity contribution is -0.400. The Labute approximate surface area is 227 Å². The molecule has 1 heterocycles. The molecule has 0 saturated heterocycles. The topological polar surface area (TPSA) is 62.6 Å². The Morgan fingerprint density at radius 2 is 1.43 bits per heavy atom. The highest BCUT2D eigenvalue weighted by molar-refractivity contribution is 6.50. The maximum absolute atomic E-state index is 12.3. The predicted molar refractivity (Wildman–Crippen MR) is 145 cm³/mol. The third-order valence-corrected chi connectivity index (χ3v) is 5.65. The summed E-state index contributed by atoms with van der Waals surface area (Å²) in [6, 6.07) is 32.1. The van der Waals surface area contributed by atoms with E-state index in [-0.39, 0.29) is 5.97 Å². The molecule has 5 nitrogen and oxygen atoms in total. The van der Waals surface area contributed by atoms with E-state index >= 15 is 0 Å². The van der Waals surface area contributed by atoms with Gasteiger partial charge in [-0.05, 0) is 67.6 Å². The van der Waals surface area contributed by atoms with Crippen LogP contribution in [-0.2, 0) is 0 Å². The van der Waals surface area contributed by atoms with Gasteiger partial charge in [0.05, 0.1) is 24.1 Å². The number of esters is 1. The molecule has 0 fully saturated rings. The molecule has 40 heavy (non-hydrogen) atoms. The van der Waals surface area contributed by atoms with E-state index in [4.69, 9.17) is 13.9 Å². The third-order valence-electron chi connectivity index (χ3n) is 5.65. The van der Waals surface area contributed by atoms with Crippen LogP contribution in [0.15, 0.2) is 108 Å². The first-order valence-corrected chi connectivity index (χ1v) is 12.1. The summed E-state index contributed by atoms with van der Waals surface area (Å²) < 4.78 is 56.0. The van der Waals surface area contributed by atoms with E-state index in [0.29, 0.717) is 11.3 Å². The summed E-state index contributed by atoms with van der Waals surface area (Å²) in [6.45, 7) is 2.05. The Morgan fingerprint density at radius 3 is 2.05 bits per heavy atom. The van der Waals surface area contributed by atoms with Gasteiger partial charge in [0.25, 0.3) is 0 Å². The van der Waals surface area contributed by atoms with Crippen LogP contribution in [0.4, 0.5) is 23.0 Å². The van der Waals surface area contributed by atoms with Gasteiger partial charge < -0.3 is 31.2 Å². The number of carbonyl (C=O) groups excluding carboxylic acids is 1. The lowest BCUT2D eigenvalue weighted by atomic mass is 10.1. The Morgan fingerprint density at radius 1 is 0.800 bits per heavy atom. The number of fused-ring (bicyclic) bond motifs is 1. The minimum absolute atomic E-state index is 0.387. The molecule has 1 aromatic heterocycles. The average molecular weight is 549 g/mol. The van der Waals surface area contributed by atoms with Crippen LogP contribution in [0.1, 0.15) is 15.9 Å². The summed E-state index contributed by atoms with van der Waals surface area (Å²) in [7, 11) is -4.35. The van der Waals surface area contributed by atoms with Crippen molar-refractivity contribution in [3.05, 3.63) is 120 Å². The first-order valence-electron chi connectivity index (χ1n) is 12.1. The van der Waals surface area contributed by atoms with Gasteiger partial charge in [0.15, 0.2) is 0 Å². The number of rotatable bonds is 5. The number of methoxy groups -OCH3 is 1. The van der Waals surface area contributed by atoms with Crippen molar-refractivity contribution in [3.8, 4) is 22.8 Å². The van der Waals surface area contributed by atoms with Crippen LogP contribution in [0, 0.1) is 6.92 Å². The number of carbonyl (C=O) groups is 1.